The number of ether oxygens (including phenoxy) is 1. The van der Waals surface area contributed by atoms with Crippen molar-refractivity contribution >= 4 is 0 Å². The molecule has 1 aromatic heterocycles. The quantitative estimate of drug-likeness (QED) is 0.586. The molecule has 0 aliphatic heterocycles. The Balaban J connectivity index is 2.43. The molecule has 0 fully saturated rings. The first-order valence-electron chi connectivity index (χ1n) is 3.28. The molecule has 2 heteroatoms. The van der Waals surface area contributed by atoms with Crippen LogP contribution >= 0.6 is 0 Å². The summed E-state index contributed by atoms with van der Waals surface area (Å²) in [4.78, 5) is 3.77. The maximum atomic E-state index is 5.19. The van der Waals surface area contributed by atoms with Crippen LogP contribution in [0.5, 0.6) is 5.75 Å². The van der Waals surface area contributed by atoms with E-state index >= 15 is 0 Å². The fraction of sp³-hybridized carbons (Fsp3) is 0.222. The zero-order valence-electron chi connectivity index (χ0n) is 6.29. The van der Waals surface area contributed by atoms with Gasteiger partial charge in [-0.1, -0.05) is 5.92 Å². The summed E-state index contributed by atoms with van der Waals surface area (Å²) in [5, 5.41) is 0. The molecule has 1 heterocycles. The van der Waals surface area contributed by atoms with Gasteiger partial charge in [-0.15, -0.1) is 5.92 Å². The Hall–Kier alpha value is -1.49. The van der Waals surface area contributed by atoms with Crippen LogP contribution in [0.4, 0.5) is 0 Å². The topological polar surface area (TPSA) is 22.1 Å². The molecule has 0 bridgehead atoms. The van der Waals surface area contributed by atoms with Crippen LogP contribution < -0.4 is 4.74 Å². The van der Waals surface area contributed by atoms with Crippen LogP contribution in [0.3, 0.4) is 0 Å². The molecule has 0 unspecified atom stereocenters. The zero-order valence-corrected chi connectivity index (χ0v) is 6.29. The van der Waals surface area contributed by atoms with Gasteiger partial charge in [-0.25, -0.2) is 0 Å². The van der Waals surface area contributed by atoms with E-state index in [0.29, 0.717) is 6.61 Å². The molecule has 0 atom stereocenters. The second kappa shape index (κ2) is 4.35. The highest BCUT2D eigenvalue weighted by atomic mass is 16.5. The van der Waals surface area contributed by atoms with Gasteiger partial charge in [0.05, 0.1) is 12.4 Å². The molecule has 1 aromatic rings. The van der Waals surface area contributed by atoms with Gasteiger partial charge in [0.25, 0.3) is 0 Å². The van der Waals surface area contributed by atoms with Crippen molar-refractivity contribution in [3.63, 3.8) is 0 Å². The van der Waals surface area contributed by atoms with Gasteiger partial charge in [0.1, 0.15) is 12.4 Å². The lowest BCUT2D eigenvalue weighted by molar-refractivity contribution is 0.368. The molecule has 55 valence electrons. The molecule has 0 aliphatic rings. The molecule has 0 saturated carbocycles. The molecule has 0 spiro atoms. The summed E-state index contributed by atoms with van der Waals surface area (Å²) in [6, 6.07) is 3.50. The van der Waals surface area contributed by atoms with Crippen molar-refractivity contribution in [2.24, 2.45) is 0 Å². The highest BCUT2D eigenvalue weighted by Gasteiger charge is 1.87. The minimum absolute atomic E-state index is 0.419. The van der Waals surface area contributed by atoms with E-state index in [-0.39, 0.29) is 0 Å². The maximum absolute atomic E-state index is 5.19. The summed E-state index contributed by atoms with van der Waals surface area (Å²) in [6.07, 6.45) is 4.27. The summed E-state index contributed by atoms with van der Waals surface area (Å²) in [5.41, 5.74) is 0. The van der Waals surface area contributed by atoms with Gasteiger partial charge in [-0.2, -0.15) is 0 Å². The third-order valence-corrected chi connectivity index (χ3v) is 1.08. The van der Waals surface area contributed by atoms with E-state index < -0.39 is 0 Å². The second-order valence-electron chi connectivity index (χ2n) is 1.84. The fourth-order valence-corrected chi connectivity index (χ4v) is 0.583. The third kappa shape index (κ3) is 2.72. The normalized spacial score (nSPS) is 8.09. The van der Waals surface area contributed by atoms with E-state index in [0.717, 1.165) is 5.75 Å². The van der Waals surface area contributed by atoms with E-state index in [4.69, 9.17) is 4.74 Å². The molecular formula is C9H8NO. The smallest absolute Gasteiger partial charge is 0.149 e. The highest BCUT2D eigenvalue weighted by Crippen LogP contribution is 2.04. The van der Waals surface area contributed by atoms with Crippen molar-refractivity contribution in [1.29, 1.82) is 0 Å². The Morgan fingerprint density at radius 2 is 2.64 bits per heavy atom. The number of pyridine rings is 1. The summed E-state index contributed by atoms with van der Waals surface area (Å²) in [5.74, 6) is 6.25. The Morgan fingerprint density at radius 1 is 1.73 bits per heavy atom. The van der Waals surface area contributed by atoms with Gasteiger partial charge in [0.15, 0.2) is 0 Å². The zero-order chi connectivity index (χ0) is 7.94. The average molecular weight is 146 g/mol. The van der Waals surface area contributed by atoms with Crippen LogP contribution in [-0.2, 0) is 0 Å². The second-order valence-corrected chi connectivity index (χ2v) is 1.84. The first-order chi connectivity index (χ1) is 5.43. The summed E-state index contributed by atoms with van der Waals surface area (Å²) >= 11 is 0. The lowest BCUT2D eigenvalue weighted by atomic mass is 10.5. The highest BCUT2D eigenvalue weighted by molar-refractivity contribution is 5.15. The predicted molar refractivity (Wildman–Crippen MR) is 42.0 cm³/mol. The first kappa shape index (κ1) is 7.62. The minimum Gasteiger partial charge on any atom is -0.479 e. The SMILES string of the molecule is CC#CCOc1cc[c]nc1. The molecule has 0 aromatic carbocycles. The Bertz CT molecular complexity index is 258. The van der Waals surface area contributed by atoms with Crippen molar-refractivity contribution in [2.45, 2.75) is 6.92 Å². The van der Waals surface area contributed by atoms with Crippen LogP contribution in [0.2, 0.25) is 0 Å². The van der Waals surface area contributed by atoms with Gasteiger partial charge >= 0.3 is 0 Å². The molecule has 0 aliphatic carbocycles. The molecule has 0 amide bonds. The van der Waals surface area contributed by atoms with Crippen LogP contribution in [0.25, 0.3) is 0 Å². The van der Waals surface area contributed by atoms with Gasteiger partial charge in [-0.05, 0) is 19.1 Å². The number of rotatable bonds is 2. The van der Waals surface area contributed by atoms with Crippen LogP contribution in [0.15, 0.2) is 18.3 Å². The number of hydrogen-bond acceptors (Lipinski definition) is 2. The third-order valence-electron chi connectivity index (χ3n) is 1.08. The van der Waals surface area contributed by atoms with Crippen molar-refractivity contribution in [3.05, 3.63) is 24.5 Å². The van der Waals surface area contributed by atoms with Crippen LogP contribution in [0, 0.1) is 18.0 Å². The molecule has 1 radical (unpaired) electrons. The van der Waals surface area contributed by atoms with Gasteiger partial charge in [-0.3, -0.25) is 4.98 Å². The summed E-state index contributed by atoms with van der Waals surface area (Å²) in [7, 11) is 0. The molecule has 2 nitrogen and oxygen atoms in total. The fourth-order valence-electron chi connectivity index (χ4n) is 0.583. The van der Waals surface area contributed by atoms with Crippen molar-refractivity contribution < 1.29 is 4.74 Å². The number of aromatic nitrogens is 1. The van der Waals surface area contributed by atoms with E-state index in [1.165, 1.54) is 0 Å². The van der Waals surface area contributed by atoms with Gasteiger partial charge in [0.2, 0.25) is 0 Å². The largest absolute Gasteiger partial charge is 0.479 e. The van der Waals surface area contributed by atoms with Crippen LogP contribution in [0.1, 0.15) is 6.92 Å². The van der Waals surface area contributed by atoms with Crippen molar-refractivity contribution in [2.75, 3.05) is 6.61 Å². The molecule has 1 rings (SSSR count). The maximum Gasteiger partial charge on any atom is 0.149 e. The monoisotopic (exact) mass is 146 g/mol. The lowest BCUT2D eigenvalue weighted by Gasteiger charge is -1.98. The van der Waals surface area contributed by atoms with E-state index in [1.807, 2.05) is 0 Å². The average Bonchev–Trinajstić information content (AvgIpc) is 2.07. The summed E-state index contributed by atoms with van der Waals surface area (Å²) in [6.45, 7) is 2.20. The van der Waals surface area contributed by atoms with Crippen LogP contribution in [-0.4, -0.2) is 11.6 Å². The molecule has 11 heavy (non-hydrogen) atoms. The van der Waals surface area contributed by atoms with E-state index in [9.17, 15) is 0 Å². The first-order valence-corrected chi connectivity index (χ1v) is 3.28. The number of hydrogen-bond donors (Lipinski definition) is 0. The van der Waals surface area contributed by atoms with Crippen molar-refractivity contribution in [3.8, 4) is 17.6 Å². The predicted octanol–water partition coefficient (Wildman–Crippen LogP) is 1.28. The van der Waals surface area contributed by atoms with E-state index in [1.54, 1.807) is 25.3 Å². The Kier molecular flexibility index (Phi) is 3.01. The summed E-state index contributed by atoms with van der Waals surface area (Å²) < 4.78 is 5.19. The van der Waals surface area contributed by atoms with Gasteiger partial charge in [0, 0.05) is 0 Å². The molecule has 0 saturated heterocycles. The standard InChI is InChI=1S/C9H8NO/c1-2-3-7-11-9-5-4-6-10-8-9/h4-5,8H,7H2,1H3. The Morgan fingerprint density at radius 3 is 3.27 bits per heavy atom. The van der Waals surface area contributed by atoms with E-state index in [2.05, 4.69) is 23.0 Å². The lowest BCUT2D eigenvalue weighted by Crippen LogP contribution is -1.93. The molecular weight excluding hydrogens is 138 g/mol. The van der Waals surface area contributed by atoms with Crippen molar-refractivity contribution in [1.82, 2.24) is 4.98 Å². The molecule has 0 N–H and O–H groups in total. The number of nitrogens with zero attached hydrogens (tertiary/aromatic N) is 1. The Labute approximate surface area is 66.2 Å². The minimum atomic E-state index is 0.419. The van der Waals surface area contributed by atoms with Gasteiger partial charge < -0.3 is 4.74 Å².